The Morgan fingerprint density at radius 3 is 2.35 bits per heavy atom. The molecule has 0 saturated carbocycles. The van der Waals surface area contributed by atoms with Crippen LogP contribution < -0.4 is 10.2 Å². The zero-order chi connectivity index (χ0) is 24.5. The van der Waals surface area contributed by atoms with E-state index in [2.05, 4.69) is 20.4 Å². The van der Waals surface area contributed by atoms with Crippen molar-refractivity contribution in [2.75, 3.05) is 56.5 Å². The zero-order valence-electron chi connectivity index (χ0n) is 20.1. The van der Waals surface area contributed by atoms with Crippen molar-refractivity contribution in [1.82, 2.24) is 20.0 Å². The number of nitrogens with zero attached hydrogens (tertiary/aromatic N) is 5. The third-order valence-corrected chi connectivity index (χ3v) is 6.01. The van der Waals surface area contributed by atoms with E-state index in [9.17, 15) is 14.7 Å². The number of phenolic OH excluding ortho intramolecular Hbond substituents is 1. The van der Waals surface area contributed by atoms with Crippen molar-refractivity contribution in [3.8, 4) is 17.0 Å². The first kappa shape index (κ1) is 23.6. The summed E-state index contributed by atoms with van der Waals surface area (Å²) in [6.45, 7) is 8.75. The van der Waals surface area contributed by atoms with Gasteiger partial charge in [0, 0.05) is 51.9 Å². The molecule has 0 spiro atoms. The van der Waals surface area contributed by atoms with Gasteiger partial charge in [0.05, 0.1) is 17.3 Å². The molecule has 1 aromatic carbocycles. The quantitative estimate of drug-likeness (QED) is 0.704. The monoisotopic (exact) mass is 468 g/mol. The van der Waals surface area contributed by atoms with Crippen LogP contribution in [0.4, 0.5) is 16.3 Å². The summed E-state index contributed by atoms with van der Waals surface area (Å²) in [6.07, 6.45) is -0.369. The van der Waals surface area contributed by atoms with Crippen LogP contribution >= 0.6 is 0 Å². The summed E-state index contributed by atoms with van der Waals surface area (Å²) in [4.78, 5) is 30.7. The van der Waals surface area contributed by atoms with E-state index in [1.165, 1.54) is 0 Å². The van der Waals surface area contributed by atoms with Crippen LogP contribution in [0.2, 0.25) is 0 Å². The van der Waals surface area contributed by atoms with Crippen molar-refractivity contribution >= 4 is 23.5 Å². The summed E-state index contributed by atoms with van der Waals surface area (Å²) >= 11 is 0. The number of carbonyl (C=O) groups excluding carboxylic acids is 2. The lowest BCUT2D eigenvalue weighted by molar-refractivity contribution is -0.140. The van der Waals surface area contributed by atoms with Gasteiger partial charge in [-0.05, 0) is 39.0 Å². The number of amides is 2. The molecule has 2 saturated heterocycles. The van der Waals surface area contributed by atoms with Gasteiger partial charge in [0.2, 0.25) is 5.91 Å². The largest absolute Gasteiger partial charge is 0.507 e. The topological polar surface area (TPSA) is 111 Å². The van der Waals surface area contributed by atoms with Crippen LogP contribution in [0.3, 0.4) is 0 Å². The normalized spacial score (nSPS) is 16.8. The second kappa shape index (κ2) is 9.36. The maximum atomic E-state index is 12.9. The molecule has 2 N–H and O–H groups in total. The number of carbonyl (C=O) groups is 2. The van der Waals surface area contributed by atoms with Crippen molar-refractivity contribution in [2.24, 2.45) is 5.92 Å². The molecule has 3 heterocycles. The molecule has 10 nitrogen and oxygen atoms in total. The van der Waals surface area contributed by atoms with Crippen LogP contribution in [0.25, 0.3) is 11.3 Å². The highest BCUT2D eigenvalue weighted by atomic mass is 16.6. The highest BCUT2D eigenvalue weighted by Gasteiger charge is 2.40. The van der Waals surface area contributed by atoms with Gasteiger partial charge < -0.3 is 29.9 Å². The molecule has 0 aliphatic carbocycles. The lowest BCUT2D eigenvalue weighted by Gasteiger charge is -2.43. The maximum Gasteiger partial charge on any atom is 0.410 e. The van der Waals surface area contributed by atoms with E-state index >= 15 is 0 Å². The molecule has 2 fully saturated rings. The number of aromatic nitrogens is 2. The standard InChI is InChI=1S/C24H32N6O4/c1-24(2,3)34-23(33)30-14-16(15-30)22(32)29-11-9-28(10-12-29)19-13-18(26-27-21(19)25-4)17-7-5-6-8-20(17)31/h5-8,13,16,31H,9-12,14-15H2,1-4H3,(H,25,27). The molecule has 4 rings (SSSR count). The molecular weight excluding hydrogens is 436 g/mol. The Morgan fingerprint density at radius 2 is 1.74 bits per heavy atom. The zero-order valence-corrected chi connectivity index (χ0v) is 20.1. The van der Waals surface area contributed by atoms with E-state index in [-0.39, 0.29) is 23.7 Å². The van der Waals surface area contributed by atoms with Crippen molar-refractivity contribution in [1.29, 1.82) is 0 Å². The summed E-state index contributed by atoms with van der Waals surface area (Å²) in [5.41, 5.74) is 1.53. The van der Waals surface area contributed by atoms with Gasteiger partial charge in [0.1, 0.15) is 11.4 Å². The minimum atomic E-state index is -0.546. The predicted molar refractivity (Wildman–Crippen MR) is 129 cm³/mol. The number of anilines is 2. The molecule has 2 aliphatic rings. The second-order valence-electron chi connectivity index (χ2n) is 9.63. The van der Waals surface area contributed by atoms with Crippen LogP contribution in [-0.2, 0) is 9.53 Å². The molecule has 1 aromatic heterocycles. The number of rotatable bonds is 4. The van der Waals surface area contributed by atoms with Gasteiger partial charge in [-0.1, -0.05) is 12.1 Å². The van der Waals surface area contributed by atoms with Gasteiger partial charge in [-0.15, -0.1) is 10.2 Å². The number of ether oxygens (including phenoxy) is 1. The van der Waals surface area contributed by atoms with Crippen LogP contribution in [0.1, 0.15) is 20.8 Å². The molecule has 0 atom stereocenters. The first-order chi connectivity index (χ1) is 16.2. The van der Waals surface area contributed by atoms with E-state index in [0.717, 1.165) is 5.69 Å². The van der Waals surface area contributed by atoms with Gasteiger partial charge in [-0.25, -0.2) is 4.79 Å². The number of likely N-dealkylation sites (tertiary alicyclic amines) is 1. The fourth-order valence-electron chi connectivity index (χ4n) is 4.16. The summed E-state index contributed by atoms with van der Waals surface area (Å²) in [6, 6.07) is 8.95. The minimum Gasteiger partial charge on any atom is -0.507 e. The number of benzene rings is 1. The van der Waals surface area contributed by atoms with Gasteiger partial charge >= 0.3 is 6.09 Å². The molecule has 0 radical (unpaired) electrons. The van der Waals surface area contributed by atoms with Crippen LogP contribution in [0.5, 0.6) is 5.75 Å². The van der Waals surface area contributed by atoms with Crippen molar-refractivity contribution in [2.45, 2.75) is 26.4 Å². The van der Waals surface area contributed by atoms with Gasteiger partial charge in [-0.2, -0.15) is 0 Å². The molecule has 2 aliphatic heterocycles. The molecule has 0 bridgehead atoms. The number of phenols is 1. The Hall–Kier alpha value is -3.56. The van der Waals surface area contributed by atoms with Crippen molar-refractivity contribution in [3.63, 3.8) is 0 Å². The van der Waals surface area contributed by atoms with E-state index in [4.69, 9.17) is 4.74 Å². The fourth-order valence-corrected chi connectivity index (χ4v) is 4.16. The molecule has 0 unspecified atom stereocenters. The summed E-state index contributed by atoms with van der Waals surface area (Å²) < 4.78 is 5.37. The first-order valence-electron chi connectivity index (χ1n) is 11.5. The average molecular weight is 469 g/mol. The molecule has 2 amide bonds. The minimum absolute atomic E-state index is 0.0797. The van der Waals surface area contributed by atoms with Gasteiger partial charge in [0.25, 0.3) is 0 Å². The summed E-state index contributed by atoms with van der Waals surface area (Å²) in [5.74, 6) is 0.695. The third kappa shape index (κ3) is 5.00. The molecule has 10 heteroatoms. The van der Waals surface area contributed by atoms with E-state index in [0.29, 0.717) is 56.3 Å². The number of para-hydroxylation sites is 1. The Balaban J connectivity index is 1.37. The molecule has 182 valence electrons. The van der Waals surface area contributed by atoms with Crippen LogP contribution in [-0.4, -0.2) is 89.0 Å². The second-order valence-corrected chi connectivity index (χ2v) is 9.63. The first-order valence-corrected chi connectivity index (χ1v) is 11.5. The molecule has 34 heavy (non-hydrogen) atoms. The molecular formula is C24H32N6O4. The number of nitrogens with one attached hydrogen (secondary N) is 1. The van der Waals surface area contributed by atoms with Gasteiger partial charge in [0.15, 0.2) is 5.82 Å². The van der Waals surface area contributed by atoms with Crippen molar-refractivity contribution < 1.29 is 19.4 Å². The number of aromatic hydroxyl groups is 1. The van der Waals surface area contributed by atoms with Crippen LogP contribution in [0.15, 0.2) is 30.3 Å². The van der Waals surface area contributed by atoms with Crippen LogP contribution in [0, 0.1) is 5.92 Å². The smallest absolute Gasteiger partial charge is 0.410 e. The Morgan fingerprint density at radius 1 is 1.06 bits per heavy atom. The Bertz CT molecular complexity index is 1060. The van der Waals surface area contributed by atoms with E-state index in [1.807, 2.05) is 37.8 Å². The highest BCUT2D eigenvalue weighted by molar-refractivity contribution is 5.83. The van der Waals surface area contributed by atoms with Crippen molar-refractivity contribution in [3.05, 3.63) is 30.3 Å². The van der Waals surface area contributed by atoms with E-state index < -0.39 is 5.60 Å². The predicted octanol–water partition coefficient (Wildman–Crippen LogP) is 2.41. The molecule has 2 aromatic rings. The number of piperazine rings is 1. The highest BCUT2D eigenvalue weighted by Crippen LogP contribution is 2.33. The fraction of sp³-hybridized carbons (Fsp3) is 0.500. The maximum absolute atomic E-state index is 12.9. The number of hydrogen-bond acceptors (Lipinski definition) is 8. The van der Waals surface area contributed by atoms with E-state index in [1.54, 1.807) is 30.1 Å². The summed E-state index contributed by atoms with van der Waals surface area (Å²) in [7, 11) is 1.79. The number of hydrogen-bond donors (Lipinski definition) is 2. The lowest BCUT2D eigenvalue weighted by Crippen LogP contribution is -2.59. The Kier molecular flexibility index (Phi) is 6.49. The lowest BCUT2D eigenvalue weighted by atomic mass is 9.98. The Labute approximate surface area is 199 Å². The average Bonchev–Trinajstić information content (AvgIpc) is 2.77. The summed E-state index contributed by atoms with van der Waals surface area (Å²) in [5, 5.41) is 21.8. The van der Waals surface area contributed by atoms with Gasteiger partial charge in [-0.3, -0.25) is 4.79 Å². The third-order valence-electron chi connectivity index (χ3n) is 6.01. The SMILES string of the molecule is CNc1nnc(-c2ccccc2O)cc1N1CCN(C(=O)C2CN(C(=O)OC(C)(C)C)C2)CC1.